The zero-order valence-electron chi connectivity index (χ0n) is 19.1. The van der Waals surface area contributed by atoms with Gasteiger partial charge in [0.2, 0.25) is 12.7 Å². The van der Waals surface area contributed by atoms with E-state index in [0.29, 0.717) is 52.5 Å². The monoisotopic (exact) mass is 486 g/mol. The second-order valence-corrected chi connectivity index (χ2v) is 10.0. The highest BCUT2D eigenvalue weighted by molar-refractivity contribution is 7.87. The maximum Gasteiger partial charge on any atom is 0.311 e. The van der Waals surface area contributed by atoms with Gasteiger partial charge in [0.05, 0.1) is 17.4 Å². The largest absolute Gasteiger partial charge is 0.493 e. The Balaban J connectivity index is 1.87. The van der Waals surface area contributed by atoms with E-state index in [1.807, 2.05) is 13.0 Å². The van der Waals surface area contributed by atoms with Crippen LogP contribution in [0.2, 0.25) is 0 Å². The third-order valence-corrected chi connectivity index (χ3v) is 6.75. The number of fused-ring (bicyclic) bond motifs is 1. The van der Waals surface area contributed by atoms with Crippen LogP contribution in [0.15, 0.2) is 36.5 Å². The summed E-state index contributed by atoms with van der Waals surface area (Å²) in [6.07, 6.45) is 1.85. The molecule has 0 saturated carbocycles. The minimum absolute atomic E-state index is 0.0708. The molecule has 0 atom stereocenters. The number of nitrogens with zero attached hydrogens (tertiary/aromatic N) is 2. The molecule has 4 N–H and O–H groups in total. The fourth-order valence-corrected chi connectivity index (χ4v) is 4.00. The van der Waals surface area contributed by atoms with E-state index >= 15 is 0 Å². The lowest BCUT2D eigenvalue weighted by Crippen LogP contribution is -2.20. The molecule has 2 aromatic carbocycles. The van der Waals surface area contributed by atoms with Crippen molar-refractivity contribution in [1.82, 2.24) is 9.97 Å². The molecule has 0 unspecified atom stereocenters. The molecule has 0 fully saturated rings. The smallest absolute Gasteiger partial charge is 0.311 e. The summed E-state index contributed by atoms with van der Waals surface area (Å²) in [5.74, 6) is 2.04. The number of rotatable bonds is 8. The molecule has 0 bridgehead atoms. The summed E-state index contributed by atoms with van der Waals surface area (Å²) in [6.45, 7) is 5.41. The molecule has 180 valence electrons. The van der Waals surface area contributed by atoms with E-state index in [2.05, 4.69) is 9.97 Å². The Kier molecular flexibility index (Phi) is 6.38. The molecule has 11 heteroatoms. The van der Waals surface area contributed by atoms with Crippen molar-refractivity contribution < 1.29 is 26.8 Å². The third-order valence-electron chi connectivity index (χ3n) is 5.18. The van der Waals surface area contributed by atoms with Gasteiger partial charge in [-0.3, -0.25) is 0 Å². The molecule has 0 amide bonds. The summed E-state index contributed by atoms with van der Waals surface area (Å²) in [5.41, 5.74) is 14.1. The van der Waals surface area contributed by atoms with Crippen molar-refractivity contribution in [2.45, 2.75) is 32.4 Å². The molecule has 0 spiro atoms. The van der Waals surface area contributed by atoms with Gasteiger partial charge >= 0.3 is 10.1 Å². The summed E-state index contributed by atoms with van der Waals surface area (Å²) < 4.78 is 47.9. The second-order valence-electron chi connectivity index (χ2n) is 7.91. The van der Waals surface area contributed by atoms with Crippen LogP contribution in [0.5, 0.6) is 23.0 Å². The van der Waals surface area contributed by atoms with E-state index in [-0.39, 0.29) is 24.3 Å². The number of hydrogen-bond acceptors (Lipinski definition) is 10. The molecular formula is C23H26N4O6S. The fraction of sp³-hybridized carbons (Fsp3) is 0.304. The normalized spacial score (nSPS) is 12.7. The molecule has 10 nitrogen and oxygen atoms in total. The SMILES string of the molecule is CCOc1cc(Cc2cnc(N)nc2N)cc(OS(=O)(=O)C(C)C)c1-c1ccc2c(c1)OCO2. The van der Waals surface area contributed by atoms with Crippen molar-refractivity contribution in [2.24, 2.45) is 0 Å². The zero-order valence-corrected chi connectivity index (χ0v) is 19.9. The van der Waals surface area contributed by atoms with Crippen LogP contribution in [-0.2, 0) is 16.5 Å². The van der Waals surface area contributed by atoms with Crippen LogP contribution in [0, 0.1) is 0 Å². The Morgan fingerprint density at radius 2 is 1.82 bits per heavy atom. The highest BCUT2D eigenvalue weighted by Crippen LogP contribution is 2.45. The standard InChI is InChI=1S/C23H26N4O6S/c1-4-30-19-8-14(7-16-11-26-23(25)27-22(16)24)9-20(33-34(28,29)13(2)3)21(19)15-5-6-17-18(10-15)32-12-31-17/h5-6,8-11,13H,4,7,12H2,1-3H3,(H4,24,25,26,27). The van der Waals surface area contributed by atoms with E-state index in [4.69, 9.17) is 29.9 Å². The molecule has 1 aliphatic heterocycles. The van der Waals surface area contributed by atoms with Gasteiger partial charge in [0.25, 0.3) is 0 Å². The molecule has 1 aliphatic rings. The highest BCUT2D eigenvalue weighted by Gasteiger charge is 2.25. The number of anilines is 2. The fourth-order valence-electron chi connectivity index (χ4n) is 3.43. The Morgan fingerprint density at radius 3 is 2.53 bits per heavy atom. The first-order valence-corrected chi connectivity index (χ1v) is 12.1. The van der Waals surface area contributed by atoms with E-state index < -0.39 is 15.4 Å². The van der Waals surface area contributed by atoms with E-state index in [0.717, 1.165) is 0 Å². The van der Waals surface area contributed by atoms with Crippen molar-refractivity contribution in [1.29, 1.82) is 0 Å². The molecule has 1 aromatic heterocycles. The van der Waals surface area contributed by atoms with Gasteiger partial charge in [-0.25, -0.2) is 4.98 Å². The molecule has 2 heterocycles. The third kappa shape index (κ3) is 4.79. The lowest BCUT2D eigenvalue weighted by atomic mass is 9.98. The summed E-state index contributed by atoms with van der Waals surface area (Å²) in [7, 11) is -3.91. The van der Waals surface area contributed by atoms with Gasteiger partial charge in [0.15, 0.2) is 17.2 Å². The molecule has 0 saturated heterocycles. The number of ether oxygens (including phenoxy) is 3. The van der Waals surface area contributed by atoms with Crippen LogP contribution in [0.3, 0.4) is 0 Å². The minimum Gasteiger partial charge on any atom is -0.493 e. The summed E-state index contributed by atoms with van der Waals surface area (Å²) in [5, 5.41) is -0.752. The van der Waals surface area contributed by atoms with E-state index in [1.165, 1.54) is 6.20 Å². The zero-order chi connectivity index (χ0) is 24.5. The summed E-state index contributed by atoms with van der Waals surface area (Å²) in [6, 6.07) is 8.78. The van der Waals surface area contributed by atoms with Gasteiger partial charge < -0.3 is 29.9 Å². The van der Waals surface area contributed by atoms with Crippen molar-refractivity contribution in [2.75, 3.05) is 24.9 Å². The van der Waals surface area contributed by atoms with Crippen LogP contribution in [-0.4, -0.2) is 37.0 Å². The first kappa shape index (κ1) is 23.4. The molecule has 3 aromatic rings. The first-order valence-electron chi connectivity index (χ1n) is 10.7. The van der Waals surface area contributed by atoms with Crippen LogP contribution >= 0.6 is 0 Å². The average molecular weight is 487 g/mol. The van der Waals surface area contributed by atoms with Crippen molar-refractivity contribution in [3.8, 4) is 34.1 Å². The van der Waals surface area contributed by atoms with Gasteiger partial charge in [0.1, 0.15) is 11.6 Å². The van der Waals surface area contributed by atoms with Crippen LogP contribution < -0.4 is 29.9 Å². The summed E-state index contributed by atoms with van der Waals surface area (Å²) >= 11 is 0. The van der Waals surface area contributed by atoms with Gasteiger partial charge in [-0.1, -0.05) is 6.07 Å². The maximum absolute atomic E-state index is 12.7. The molecule has 0 aliphatic carbocycles. The number of hydrogen-bond donors (Lipinski definition) is 2. The van der Waals surface area contributed by atoms with E-state index in [9.17, 15) is 8.42 Å². The number of nitrogens with two attached hydrogens (primary N) is 2. The van der Waals surface area contributed by atoms with Crippen LogP contribution in [0.1, 0.15) is 31.9 Å². The highest BCUT2D eigenvalue weighted by atomic mass is 32.2. The maximum atomic E-state index is 12.7. The molecule has 4 rings (SSSR count). The number of benzene rings is 2. The van der Waals surface area contributed by atoms with E-state index in [1.54, 1.807) is 38.1 Å². The molecule has 0 radical (unpaired) electrons. The Morgan fingerprint density at radius 1 is 1.09 bits per heavy atom. The van der Waals surface area contributed by atoms with Crippen LogP contribution in [0.4, 0.5) is 11.8 Å². The minimum atomic E-state index is -3.91. The lowest BCUT2D eigenvalue weighted by molar-refractivity contribution is 0.174. The number of aromatic nitrogens is 2. The van der Waals surface area contributed by atoms with Crippen molar-refractivity contribution in [3.05, 3.63) is 47.7 Å². The van der Waals surface area contributed by atoms with Crippen LogP contribution in [0.25, 0.3) is 11.1 Å². The van der Waals surface area contributed by atoms with Crippen molar-refractivity contribution >= 4 is 21.9 Å². The second kappa shape index (κ2) is 9.26. The Labute approximate surface area is 198 Å². The Bertz CT molecular complexity index is 1330. The molecule has 34 heavy (non-hydrogen) atoms. The first-order chi connectivity index (χ1) is 16.2. The summed E-state index contributed by atoms with van der Waals surface area (Å²) in [4.78, 5) is 7.99. The quantitative estimate of drug-likeness (QED) is 0.455. The predicted octanol–water partition coefficient (Wildman–Crippen LogP) is 3.14. The van der Waals surface area contributed by atoms with Gasteiger partial charge in [0, 0.05) is 18.2 Å². The Hall–Kier alpha value is -3.73. The molecular weight excluding hydrogens is 460 g/mol. The van der Waals surface area contributed by atoms with Crippen molar-refractivity contribution in [3.63, 3.8) is 0 Å². The van der Waals surface area contributed by atoms with Gasteiger partial charge in [-0.15, -0.1) is 0 Å². The topological polar surface area (TPSA) is 149 Å². The van der Waals surface area contributed by atoms with Gasteiger partial charge in [-0.05, 0) is 56.2 Å². The lowest BCUT2D eigenvalue weighted by Gasteiger charge is -2.19. The number of nitrogen functional groups attached to an aromatic ring is 2. The average Bonchev–Trinajstić information content (AvgIpc) is 3.23. The predicted molar refractivity (Wildman–Crippen MR) is 128 cm³/mol. The van der Waals surface area contributed by atoms with Gasteiger partial charge in [-0.2, -0.15) is 13.4 Å².